The van der Waals surface area contributed by atoms with Crippen LogP contribution < -0.4 is 24.8 Å². The van der Waals surface area contributed by atoms with Crippen LogP contribution in [0.15, 0.2) is 60.2 Å². The van der Waals surface area contributed by atoms with E-state index in [4.69, 9.17) is 0 Å². The van der Waals surface area contributed by atoms with Crippen LogP contribution in [0.25, 0.3) is 21.5 Å². The minimum atomic E-state index is 0. The van der Waals surface area contributed by atoms with Gasteiger partial charge in [-0.05, 0) is 10.8 Å². The topological polar surface area (TPSA) is 0 Å². The Labute approximate surface area is 214 Å². The Balaban J connectivity index is 0.000000814. The first-order chi connectivity index (χ1) is 12.6. The van der Waals surface area contributed by atoms with Gasteiger partial charge in [0.15, 0.2) is 0 Å². The summed E-state index contributed by atoms with van der Waals surface area (Å²) in [5.74, 6) is 0. The molecule has 4 rings (SSSR count). The summed E-state index contributed by atoms with van der Waals surface area (Å²) in [4.78, 5) is 0. The van der Waals surface area contributed by atoms with E-state index in [9.17, 15) is 0 Å². The van der Waals surface area contributed by atoms with E-state index in [2.05, 4.69) is 109 Å². The minimum absolute atomic E-state index is 0. The van der Waals surface area contributed by atoms with Crippen molar-refractivity contribution in [2.45, 2.75) is 65.7 Å². The quantitative estimate of drug-likeness (QED) is 0.272. The van der Waals surface area contributed by atoms with Crippen LogP contribution in [0.1, 0.15) is 66.0 Å². The van der Waals surface area contributed by atoms with E-state index in [-0.39, 0.29) is 61.5 Å². The smallest absolute Gasteiger partial charge is 1.00 e. The second-order valence-corrected chi connectivity index (χ2v) is 9.71. The molecule has 0 saturated heterocycles. The van der Waals surface area contributed by atoms with Crippen LogP contribution in [0.5, 0.6) is 0 Å². The summed E-state index contributed by atoms with van der Waals surface area (Å²) in [6.45, 7) is 15.7. The molecule has 30 heavy (non-hydrogen) atoms. The summed E-state index contributed by atoms with van der Waals surface area (Å²) in [7, 11) is 0. The third-order valence-corrected chi connectivity index (χ3v) is 5.30. The van der Waals surface area contributed by atoms with Gasteiger partial charge in [0, 0.05) is 0 Å². The molecule has 1 aliphatic carbocycles. The molecular formula is C27H32Cl2Hf. The Bertz CT molecular complexity index is 954. The Hall–Kier alpha value is -0.760. The molecule has 3 aromatic rings. The maximum Gasteiger partial charge on any atom is 4.00 e. The molecule has 0 amide bonds. The average Bonchev–Trinajstić information content (AvgIpc) is 3.18. The van der Waals surface area contributed by atoms with Gasteiger partial charge < -0.3 is 24.8 Å². The number of benzene rings is 2. The van der Waals surface area contributed by atoms with Gasteiger partial charge in [-0.1, -0.05) is 83.9 Å². The summed E-state index contributed by atoms with van der Waals surface area (Å²) < 4.78 is 0. The summed E-state index contributed by atoms with van der Waals surface area (Å²) in [5.41, 5.74) is 4.49. The number of hydrogen-bond acceptors (Lipinski definition) is 0. The maximum atomic E-state index is 3.12. The van der Waals surface area contributed by atoms with E-state index in [0.29, 0.717) is 0 Å². The van der Waals surface area contributed by atoms with Crippen molar-refractivity contribution in [3.8, 4) is 0 Å². The van der Waals surface area contributed by atoms with Gasteiger partial charge >= 0.3 is 25.8 Å². The van der Waals surface area contributed by atoms with Gasteiger partial charge in [-0.2, -0.15) is 6.08 Å². The molecule has 158 valence electrons. The van der Waals surface area contributed by atoms with Gasteiger partial charge in [0.05, 0.1) is 0 Å². The zero-order chi connectivity index (χ0) is 19.8. The molecule has 0 aromatic heterocycles. The summed E-state index contributed by atoms with van der Waals surface area (Å²) in [6, 6.07) is 16.2. The fourth-order valence-electron chi connectivity index (χ4n) is 3.47. The van der Waals surface area contributed by atoms with Crippen LogP contribution in [0, 0.1) is 6.08 Å². The van der Waals surface area contributed by atoms with Crippen LogP contribution >= 0.6 is 0 Å². The second-order valence-electron chi connectivity index (χ2n) is 9.71. The average molecular weight is 606 g/mol. The van der Waals surface area contributed by atoms with Crippen molar-refractivity contribution in [1.29, 1.82) is 0 Å². The first kappa shape index (κ1) is 29.2. The van der Waals surface area contributed by atoms with Crippen LogP contribution in [0.2, 0.25) is 0 Å². The second kappa shape index (κ2) is 11.2. The molecule has 0 fully saturated rings. The molecule has 0 N–H and O–H groups in total. The van der Waals surface area contributed by atoms with Gasteiger partial charge in [-0.15, -0.1) is 46.2 Å². The molecule has 1 aliphatic rings. The van der Waals surface area contributed by atoms with Gasteiger partial charge in [0.1, 0.15) is 0 Å². The van der Waals surface area contributed by atoms with E-state index in [1.807, 2.05) is 0 Å². The Morgan fingerprint density at radius 3 is 1.47 bits per heavy atom. The molecule has 3 aromatic carbocycles. The molecule has 0 radical (unpaired) electrons. The van der Waals surface area contributed by atoms with E-state index in [1.54, 1.807) is 0 Å². The van der Waals surface area contributed by atoms with Gasteiger partial charge in [0.2, 0.25) is 0 Å². The third-order valence-electron chi connectivity index (χ3n) is 5.30. The van der Waals surface area contributed by atoms with Crippen LogP contribution in [-0.4, -0.2) is 0 Å². The maximum absolute atomic E-state index is 3.12. The van der Waals surface area contributed by atoms with E-state index in [1.165, 1.54) is 38.2 Å². The third kappa shape index (κ3) is 6.87. The van der Waals surface area contributed by atoms with Crippen LogP contribution in [0.3, 0.4) is 0 Å². The van der Waals surface area contributed by atoms with Crippen molar-refractivity contribution in [2.75, 3.05) is 0 Å². The molecule has 0 unspecified atom stereocenters. The molecule has 0 spiro atoms. The SMILES string of the molecule is CC(C)(C)c1ccc2c(c1)[cH-]c1cc(C(C)(C)C)ccc12.CC1=[C-]CC=C1.[Cl-].[Cl-].[Hf+4]. The number of allylic oxidation sites excluding steroid dienone is 4. The molecule has 0 heterocycles. The monoisotopic (exact) mass is 606 g/mol. The van der Waals surface area contributed by atoms with Crippen molar-refractivity contribution < 1.29 is 50.7 Å². The van der Waals surface area contributed by atoms with E-state index < -0.39 is 0 Å². The van der Waals surface area contributed by atoms with Crippen molar-refractivity contribution in [2.24, 2.45) is 0 Å². The van der Waals surface area contributed by atoms with Crippen molar-refractivity contribution in [3.05, 3.63) is 77.4 Å². The standard InChI is InChI=1S/C21H25.C6H7.2ClH.Hf/c1-20(2,3)16-7-9-18-14(12-16)11-15-13-17(21(4,5)6)8-10-19(15)18;1-6-4-2-3-5-6;;;/h7-13H,1-6H3;2,4H,3H2,1H3;2*1H;/q2*-1;;;+4/p-2. The molecule has 3 heteroatoms. The Morgan fingerprint density at radius 2 is 1.20 bits per heavy atom. The van der Waals surface area contributed by atoms with Crippen molar-refractivity contribution in [1.82, 2.24) is 0 Å². The molecule has 0 saturated carbocycles. The van der Waals surface area contributed by atoms with Gasteiger partial charge in [0.25, 0.3) is 0 Å². The zero-order valence-electron chi connectivity index (χ0n) is 19.2. The minimum Gasteiger partial charge on any atom is -1.00 e. The fraction of sp³-hybridized carbons (Fsp3) is 0.370. The van der Waals surface area contributed by atoms with E-state index in [0.717, 1.165) is 6.42 Å². The van der Waals surface area contributed by atoms with Gasteiger partial charge in [-0.25, -0.2) is 11.6 Å². The molecular weight excluding hydrogens is 574 g/mol. The summed E-state index contributed by atoms with van der Waals surface area (Å²) >= 11 is 0. The number of rotatable bonds is 0. The summed E-state index contributed by atoms with van der Waals surface area (Å²) in [5, 5.41) is 5.48. The zero-order valence-corrected chi connectivity index (χ0v) is 24.3. The number of hydrogen-bond donors (Lipinski definition) is 0. The molecule has 0 nitrogen and oxygen atoms in total. The van der Waals surface area contributed by atoms with Crippen molar-refractivity contribution in [3.63, 3.8) is 0 Å². The normalized spacial score (nSPS) is 13.0. The molecule has 0 atom stereocenters. The molecule has 0 aliphatic heterocycles. The predicted molar refractivity (Wildman–Crippen MR) is 121 cm³/mol. The summed E-state index contributed by atoms with van der Waals surface area (Å²) in [6.07, 6.45) is 8.33. The predicted octanol–water partition coefficient (Wildman–Crippen LogP) is 2.01. The fourth-order valence-corrected chi connectivity index (χ4v) is 3.47. The van der Waals surface area contributed by atoms with Crippen LogP contribution in [0.4, 0.5) is 0 Å². The number of fused-ring (bicyclic) bond motifs is 3. The Morgan fingerprint density at radius 1 is 0.767 bits per heavy atom. The Kier molecular flexibility index (Phi) is 10.9. The largest absolute Gasteiger partial charge is 4.00 e. The first-order valence-electron chi connectivity index (χ1n) is 9.94. The van der Waals surface area contributed by atoms with Crippen LogP contribution in [-0.2, 0) is 36.7 Å². The van der Waals surface area contributed by atoms with E-state index >= 15 is 0 Å². The van der Waals surface area contributed by atoms with Crippen molar-refractivity contribution >= 4 is 21.5 Å². The number of halogens is 2. The first-order valence-corrected chi connectivity index (χ1v) is 9.94. The molecule has 0 bridgehead atoms. The van der Waals surface area contributed by atoms with Gasteiger partial charge in [-0.3, -0.25) is 6.08 Å².